The molecule has 0 unspecified atom stereocenters. The normalized spacial score (nSPS) is 12.7. The molecule has 0 radical (unpaired) electrons. The van der Waals surface area contributed by atoms with Gasteiger partial charge in [-0.1, -0.05) is 72.8 Å². The molecule has 5 aromatic rings. The number of nitro benzene ring substituents is 1. The van der Waals surface area contributed by atoms with E-state index in [9.17, 15) is 14.9 Å². The van der Waals surface area contributed by atoms with Crippen molar-refractivity contribution in [1.29, 1.82) is 0 Å². The number of nitro groups is 1. The van der Waals surface area contributed by atoms with Gasteiger partial charge in [0.25, 0.3) is 0 Å². The predicted octanol–water partition coefficient (Wildman–Crippen LogP) is 7.56. The van der Waals surface area contributed by atoms with Crippen molar-refractivity contribution in [2.75, 3.05) is 19.7 Å². The molecule has 8 nitrogen and oxygen atoms in total. The molecule has 1 aliphatic rings. The van der Waals surface area contributed by atoms with Crippen LogP contribution in [0.25, 0.3) is 11.0 Å². The smallest absolute Gasteiger partial charge is 0.311 e. The molecule has 0 aliphatic heterocycles. The number of furan rings is 1. The largest absolute Gasteiger partial charge is 0.488 e. The Labute approximate surface area is 256 Å². The van der Waals surface area contributed by atoms with Gasteiger partial charge in [-0.15, -0.1) is 0 Å². The lowest BCUT2D eigenvalue weighted by atomic mass is 9.96. The molecule has 6 rings (SSSR count). The molecule has 1 heterocycles. The van der Waals surface area contributed by atoms with Crippen LogP contribution in [0.15, 0.2) is 101 Å². The molecule has 0 saturated heterocycles. The molecule has 0 spiro atoms. The molecule has 0 fully saturated rings. The average Bonchev–Trinajstić information content (AvgIpc) is 3.44. The van der Waals surface area contributed by atoms with Gasteiger partial charge in [-0.05, 0) is 48.6 Å². The van der Waals surface area contributed by atoms with Crippen molar-refractivity contribution in [3.8, 4) is 11.5 Å². The number of ether oxygens (including phenoxy) is 2. The van der Waals surface area contributed by atoms with Gasteiger partial charge in [0.2, 0.25) is 0 Å². The summed E-state index contributed by atoms with van der Waals surface area (Å²) in [4.78, 5) is 26.8. The second-order valence-corrected chi connectivity index (χ2v) is 11.0. The topological polar surface area (TPSA) is 95.1 Å². The standard InChI is InChI=1S/C36H34N2O6/c39-32(28-18-19-34(31(22-28)38(40)41)43-25-27-12-5-2-6-13-27)24-37(23-26-10-3-1-4-11-26)20-21-42-35-17-9-15-30-29-14-7-8-16-33(29)44-36(30)35/h1-6,9-13,15,17-19,22H,7-8,14,16,20-21,23-25H2. The van der Waals surface area contributed by atoms with Crippen LogP contribution in [0.1, 0.15) is 45.7 Å². The van der Waals surface area contributed by atoms with Gasteiger partial charge in [0.1, 0.15) is 19.0 Å². The molecule has 0 amide bonds. The number of hydrogen-bond donors (Lipinski definition) is 0. The summed E-state index contributed by atoms with van der Waals surface area (Å²) < 4.78 is 18.2. The number of Topliss-reactive ketones (excluding diaryl/α,β-unsaturated/α-hetero) is 1. The van der Waals surface area contributed by atoms with Gasteiger partial charge in [-0.25, -0.2) is 0 Å². The number of benzene rings is 4. The Hall–Kier alpha value is -4.95. The fourth-order valence-corrected chi connectivity index (χ4v) is 5.70. The van der Waals surface area contributed by atoms with Crippen LogP contribution in [-0.2, 0) is 26.0 Å². The van der Waals surface area contributed by atoms with Crippen LogP contribution in [0.3, 0.4) is 0 Å². The third-order valence-electron chi connectivity index (χ3n) is 7.94. The van der Waals surface area contributed by atoms with Gasteiger partial charge in [-0.3, -0.25) is 19.8 Å². The first-order valence-corrected chi connectivity index (χ1v) is 15.0. The monoisotopic (exact) mass is 590 g/mol. The first-order chi connectivity index (χ1) is 21.5. The molecule has 1 aromatic heterocycles. The number of fused-ring (bicyclic) bond motifs is 3. The van der Waals surface area contributed by atoms with Crippen LogP contribution >= 0.6 is 0 Å². The highest BCUT2D eigenvalue weighted by atomic mass is 16.6. The second kappa shape index (κ2) is 13.6. The van der Waals surface area contributed by atoms with Gasteiger partial charge in [0, 0.05) is 42.1 Å². The van der Waals surface area contributed by atoms with E-state index < -0.39 is 4.92 Å². The third kappa shape index (κ3) is 6.82. The van der Waals surface area contributed by atoms with Crippen molar-refractivity contribution >= 4 is 22.4 Å². The van der Waals surface area contributed by atoms with Crippen LogP contribution in [0.2, 0.25) is 0 Å². The summed E-state index contributed by atoms with van der Waals surface area (Å²) in [6.45, 7) is 1.59. The van der Waals surface area contributed by atoms with E-state index in [1.165, 1.54) is 24.1 Å². The number of ketones is 1. The van der Waals surface area contributed by atoms with E-state index in [1.54, 1.807) is 6.07 Å². The van der Waals surface area contributed by atoms with Gasteiger partial charge < -0.3 is 13.9 Å². The van der Waals surface area contributed by atoms with E-state index >= 15 is 0 Å². The lowest BCUT2D eigenvalue weighted by Gasteiger charge is -2.22. The van der Waals surface area contributed by atoms with Crippen molar-refractivity contribution in [1.82, 2.24) is 4.90 Å². The first-order valence-electron chi connectivity index (χ1n) is 15.0. The van der Waals surface area contributed by atoms with Gasteiger partial charge in [-0.2, -0.15) is 0 Å². The number of aryl methyl sites for hydroxylation is 2. The number of hydrogen-bond acceptors (Lipinski definition) is 7. The van der Waals surface area contributed by atoms with Gasteiger partial charge in [0.15, 0.2) is 22.9 Å². The molecule has 0 bridgehead atoms. The van der Waals surface area contributed by atoms with Crippen molar-refractivity contribution in [2.24, 2.45) is 0 Å². The summed E-state index contributed by atoms with van der Waals surface area (Å²) in [5.41, 5.74) is 4.04. The minimum atomic E-state index is -0.514. The zero-order valence-electron chi connectivity index (χ0n) is 24.4. The molecular formula is C36H34N2O6. The van der Waals surface area contributed by atoms with Crippen LogP contribution in [0.5, 0.6) is 11.5 Å². The van der Waals surface area contributed by atoms with E-state index in [2.05, 4.69) is 6.07 Å². The molecule has 1 aliphatic carbocycles. The Kier molecular flexibility index (Phi) is 8.98. The minimum absolute atomic E-state index is 0.0683. The number of carbonyl (C=O) groups is 1. The summed E-state index contributed by atoms with van der Waals surface area (Å²) in [6, 6.07) is 29.7. The van der Waals surface area contributed by atoms with Crippen LogP contribution in [0.4, 0.5) is 5.69 Å². The molecular weight excluding hydrogens is 556 g/mol. The average molecular weight is 591 g/mol. The van der Waals surface area contributed by atoms with Crippen LogP contribution in [-0.4, -0.2) is 35.3 Å². The Morgan fingerprint density at radius 3 is 2.36 bits per heavy atom. The minimum Gasteiger partial charge on any atom is -0.488 e. The third-order valence-corrected chi connectivity index (χ3v) is 7.94. The fourth-order valence-electron chi connectivity index (χ4n) is 5.70. The zero-order valence-corrected chi connectivity index (χ0v) is 24.4. The number of para-hydroxylation sites is 1. The van der Waals surface area contributed by atoms with E-state index in [0.717, 1.165) is 47.1 Å². The van der Waals surface area contributed by atoms with E-state index in [-0.39, 0.29) is 35.9 Å². The molecule has 4 aromatic carbocycles. The van der Waals surface area contributed by atoms with Crippen molar-refractivity contribution in [3.05, 3.63) is 135 Å². The van der Waals surface area contributed by atoms with E-state index in [4.69, 9.17) is 13.9 Å². The second-order valence-electron chi connectivity index (χ2n) is 11.0. The lowest BCUT2D eigenvalue weighted by Crippen LogP contribution is -2.33. The Morgan fingerprint density at radius 1 is 0.841 bits per heavy atom. The lowest BCUT2D eigenvalue weighted by molar-refractivity contribution is -0.386. The number of carbonyl (C=O) groups excluding carboxylic acids is 1. The maximum atomic E-state index is 13.5. The first kappa shape index (κ1) is 29.1. The highest BCUT2D eigenvalue weighted by Crippen LogP contribution is 2.36. The summed E-state index contributed by atoms with van der Waals surface area (Å²) in [5, 5.41) is 13.0. The number of rotatable bonds is 13. The Bertz CT molecular complexity index is 1750. The highest BCUT2D eigenvalue weighted by molar-refractivity contribution is 5.98. The molecule has 8 heteroatoms. The maximum absolute atomic E-state index is 13.5. The molecule has 0 atom stereocenters. The maximum Gasteiger partial charge on any atom is 0.311 e. The quantitative estimate of drug-likeness (QED) is 0.0793. The number of nitrogens with zero attached hydrogens (tertiary/aromatic N) is 2. The van der Waals surface area contributed by atoms with E-state index in [1.807, 2.05) is 77.7 Å². The van der Waals surface area contributed by atoms with Crippen LogP contribution < -0.4 is 9.47 Å². The van der Waals surface area contributed by atoms with Crippen molar-refractivity contribution in [2.45, 2.75) is 38.8 Å². The van der Waals surface area contributed by atoms with E-state index in [0.29, 0.717) is 25.4 Å². The van der Waals surface area contributed by atoms with Crippen molar-refractivity contribution < 1.29 is 23.6 Å². The molecule has 0 N–H and O–H groups in total. The predicted molar refractivity (Wildman–Crippen MR) is 168 cm³/mol. The molecule has 0 saturated carbocycles. The Morgan fingerprint density at radius 2 is 1.59 bits per heavy atom. The summed E-state index contributed by atoms with van der Waals surface area (Å²) >= 11 is 0. The summed E-state index contributed by atoms with van der Waals surface area (Å²) in [6.07, 6.45) is 4.28. The molecule has 224 valence electrons. The summed E-state index contributed by atoms with van der Waals surface area (Å²) in [5.74, 6) is 1.66. The van der Waals surface area contributed by atoms with Crippen molar-refractivity contribution in [3.63, 3.8) is 0 Å². The molecule has 44 heavy (non-hydrogen) atoms. The SMILES string of the molecule is O=C(CN(CCOc1cccc2c3c(oc12)CCCC3)Cc1ccccc1)c1ccc(OCc2ccccc2)c([N+](=O)[O-])c1. The van der Waals surface area contributed by atoms with Gasteiger partial charge >= 0.3 is 5.69 Å². The fraction of sp³-hybridized carbons (Fsp3) is 0.250. The van der Waals surface area contributed by atoms with Crippen LogP contribution in [0, 0.1) is 10.1 Å². The Balaban J connectivity index is 1.15. The highest BCUT2D eigenvalue weighted by Gasteiger charge is 2.22. The summed E-state index contributed by atoms with van der Waals surface area (Å²) in [7, 11) is 0. The van der Waals surface area contributed by atoms with Gasteiger partial charge in [0.05, 0.1) is 11.5 Å². The zero-order chi connectivity index (χ0) is 30.3.